The summed E-state index contributed by atoms with van der Waals surface area (Å²) < 4.78 is 0. The average Bonchev–Trinajstić information content (AvgIpc) is 2.40. The molecule has 4 nitrogen and oxygen atoms in total. The van der Waals surface area contributed by atoms with Crippen LogP contribution in [0, 0.1) is 0 Å². The van der Waals surface area contributed by atoms with Gasteiger partial charge in [0.2, 0.25) is 5.91 Å². The van der Waals surface area contributed by atoms with E-state index < -0.39 is 0 Å². The van der Waals surface area contributed by atoms with E-state index in [0.29, 0.717) is 25.7 Å². The predicted octanol–water partition coefficient (Wildman–Crippen LogP) is 2.04. The summed E-state index contributed by atoms with van der Waals surface area (Å²) in [6, 6.07) is 0.640. The monoisotopic (exact) mass is 282 g/mol. The second-order valence-electron chi connectivity index (χ2n) is 5.93. The van der Waals surface area contributed by atoms with Crippen molar-refractivity contribution in [3.05, 3.63) is 12.7 Å². The Balaban J connectivity index is 2.64. The lowest BCUT2D eigenvalue weighted by molar-refractivity contribution is -0.137. The molecule has 0 spiro atoms. The minimum Gasteiger partial charge on any atom is -0.395 e. The molecule has 0 aliphatic heterocycles. The van der Waals surface area contributed by atoms with Gasteiger partial charge in [-0.15, -0.1) is 6.58 Å². The molecule has 0 saturated heterocycles. The van der Waals surface area contributed by atoms with Gasteiger partial charge in [-0.25, -0.2) is 0 Å². The molecule has 0 radical (unpaired) electrons. The zero-order valence-electron chi connectivity index (χ0n) is 13.1. The van der Waals surface area contributed by atoms with E-state index in [9.17, 15) is 4.79 Å². The summed E-state index contributed by atoms with van der Waals surface area (Å²) in [5.74, 6) is 0.183. The Kier molecular flexibility index (Phi) is 7.85. The number of hydrogen-bond donors (Lipinski definition) is 1. The number of nitrogens with zero attached hydrogens (tertiary/aromatic N) is 2. The minimum absolute atomic E-state index is 0.0756. The number of aliphatic hydroxyl groups is 1. The standard InChI is InChI=1S/C16H30N2O2/c1-4-10-17(11-12-19)13-16(20)18(14(2)3)15-8-6-5-7-9-15/h4,14-15,19H,1,5-13H2,2-3H3. The van der Waals surface area contributed by atoms with Crippen LogP contribution in [-0.4, -0.2) is 59.1 Å². The Morgan fingerprint density at radius 3 is 2.50 bits per heavy atom. The maximum absolute atomic E-state index is 12.6. The van der Waals surface area contributed by atoms with Crippen LogP contribution in [0.25, 0.3) is 0 Å². The van der Waals surface area contributed by atoms with Crippen LogP contribution >= 0.6 is 0 Å². The molecule has 4 heteroatoms. The van der Waals surface area contributed by atoms with Crippen molar-refractivity contribution in [3.8, 4) is 0 Å². The zero-order valence-corrected chi connectivity index (χ0v) is 13.1. The van der Waals surface area contributed by atoms with Gasteiger partial charge in [0.15, 0.2) is 0 Å². The van der Waals surface area contributed by atoms with Crippen LogP contribution < -0.4 is 0 Å². The lowest BCUT2D eigenvalue weighted by atomic mass is 9.93. The van der Waals surface area contributed by atoms with E-state index in [-0.39, 0.29) is 18.6 Å². The van der Waals surface area contributed by atoms with Crippen LogP contribution in [0.2, 0.25) is 0 Å². The van der Waals surface area contributed by atoms with Crippen molar-refractivity contribution in [1.29, 1.82) is 0 Å². The summed E-state index contributed by atoms with van der Waals surface area (Å²) in [5, 5.41) is 9.07. The zero-order chi connectivity index (χ0) is 15.0. The van der Waals surface area contributed by atoms with Crippen molar-refractivity contribution in [2.45, 2.75) is 58.0 Å². The molecule has 0 unspecified atom stereocenters. The molecule has 1 aliphatic rings. The molecular formula is C16H30N2O2. The fraction of sp³-hybridized carbons (Fsp3) is 0.812. The third-order valence-corrected chi connectivity index (χ3v) is 3.97. The molecule has 1 rings (SSSR count). The third kappa shape index (κ3) is 5.25. The molecule has 116 valence electrons. The Morgan fingerprint density at radius 2 is 2.00 bits per heavy atom. The number of aliphatic hydroxyl groups excluding tert-OH is 1. The summed E-state index contributed by atoms with van der Waals surface area (Å²) in [4.78, 5) is 16.6. The Hall–Kier alpha value is -0.870. The molecule has 1 aliphatic carbocycles. The van der Waals surface area contributed by atoms with E-state index >= 15 is 0 Å². The smallest absolute Gasteiger partial charge is 0.237 e. The molecule has 0 heterocycles. The first-order valence-electron chi connectivity index (χ1n) is 7.85. The highest BCUT2D eigenvalue weighted by Gasteiger charge is 2.28. The summed E-state index contributed by atoms with van der Waals surface area (Å²) in [6.07, 6.45) is 7.80. The lowest BCUT2D eigenvalue weighted by Gasteiger charge is -2.38. The van der Waals surface area contributed by atoms with Crippen molar-refractivity contribution in [2.75, 3.05) is 26.2 Å². The van der Waals surface area contributed by atoms with E-state index in [2.05, 4.69) is 25.3 Å². The first-order chi connectivity index (χ1) is 9.60. The second-order valence-corrected chi connectivity index (χ2v) is 5.93. The van der Waals surface area contributed by atoms with Gasteiger partial charge < -0.3 is 10.0 Å². The first kappa shape index (κ1) is 17.2. The molecule has 1 fully saturated rings. The fourth-order valence-corrected chi connectivity index (χ4v) is 3.10. The number of carbonyl (C=O) groups excluding carboxylic acids is 1. The van der Waals surface area contributed by atoms with Crippen LogP contribution in [0.5, 0.6) is 0 Å². The Bertz CT molecular complexity index is 299. The molecule has 1 amide bonds. The summed E-state index contributed by atoms with van der Waals surface area (Å²) in [6.45, 7) is 9.51. The molecule has 0 aromatic carbocycles. The Labute approximate surface area is 123 Å². The predicted molar refractivity (Wildman–Crippen MR) is 82.6 cm³/mol. The molecule has 1 saturated carbocycles. The maximum Gasteiger partial charge on any atom is 0.237 e. The molecule has 0 aromatic heterocycles. The van der Waals surface area contributed by atoms with Gasteiger partial charge in [-0.3, -0.25) is 9.69 Å². The van der Waals surface area contributed by atoms with Gasteiger partial charge in [0.05, 0.1) is 13.2 Å². The van der Waals surface area contributed by atoms with Gasteiger partial charge >= 0.3 is 0 Å². The number of amides is 1. The Morgan fingerprint density at radius 1 is 1.35 bits per heavy atom. The van der Waals surface area contributed by atoms with E-state index in [1.807, 2.05) is 4.90 Å². The third-order valence-electron chi connectivity index (χ3n) is 3.97. The van der Waals surface area contributed by atoms with Crippen molar-refractivity contribution < 1.29 is 9.90 Å². The first-order valence-corrected chi connectivity index (χ1v) is 7.85. The van der Waals surface area contributed by atoms with Gasteiger partial charge in [0, 0.05) is 25.2 Å². The quantitative estimate of drug-likeness (QED) is 0.693. The van der Waals surface area contributed by atoms with Gasteiger partial charge in [-0.05, 0) is 26.7 Å². The summed E-state index contributed by atoms with van der Waals surface area (Å²) >= 11 is 0. The number of carbonyl (C=O) groups is 1. The molecule has 0 atom stereocenters. The normalized spacial score (nSPS) is 16.6. The highest BCUT2D eigenvalue weighted by molar-refractivity contribution is 5.79. The summed E-state index contributed by atoms with van der Waals surface area (Å²) in [5.41, 5.74) is 0. The molecule has 0 aromatic rings. The average molecular weight is 282 g/mol. The number of hydrogen-bond acceptors (Lipinski definition) is 3. The largest absolute Gasteiger partial charge is 0.395 e. The molecule has 1 N–H and O–H groups in total. The van der Waals surface area contributed by atoms with E-state index in [1.54, 1.807) is 6.08 Å². The van der Waals surface area contributed by atoms with Crippen LogP contribution in [0.4, 0.5) is 0 Å². The van der Waals surface area contributed by atoms with Gasteiger partial charge in [0.1, 0.15) is 0 Å². The van der Waals surface area contributed by atoms with E-state index in [4.69, 9.17) is 5.11 Å². The van der Waals surface area contributed by atoms with Gasteiger partial charge in [-0.2, -0.15) is 0 Å². The van der Waals surface area contributed by atoms with Crippen molar-refractivity contribution >= 4 is 5.91 Å². The van der Waals surface area contributed by atoms with Gasteiger partial charge in [-0.1, -0.05) is 25.3 Å². The molecule has 0 bridgehead atoms. The maximum atomic E-state index is 12.6. The van der Waals surface area contributed by atoms with Crippen molar-refractivity contribution in [3.63, 3.8) is 0 Å². The lowest BCUT2D eigenvalue weighted by Crippen LogP contribution is -2.50. The van der Waals surface area contributed by atoms with Crippen LogP contribution in [-0.2, 0) is 4.79 Å². The van der Waals surface area contributed by atoms with Crippen LogP contribution in [0.15, 0.2) is 12.7 Å². The van der Waals surface area contributed by atoms with Gasteiger partial charge in [0.25, 0.3) is 0 Å². The summed E-state index contributed by atoms with van der Waals surface area (Å²) in [7, 11) is 0. The number of rotatable bonds is 8. The second kappa shape index (κ2) is 9.14. The minimum atomic E-state index is 0.0756. The highest BCUT2D eigenvalue weighted by Crippen LogP contribution is 2.24. The van der Waals surface area contributed by atoms with Crippen LogP contribution in [0.1, 0.15) is 46.0 Å². The van der Waals surface area contributed by atoms with Crippen molar-refractivity contribution in [2.24, 2.45) is 0 Å². The highest BCUT2D eigenvalue weighted by atomic mass is 16.3. The van der Waals surface area contributed by atoms with Crippen molar-refractivity contribution in [1.82, 2.24) is 9.80 Å². The van der Waals surface area contributed by atoms with E-state index in [1.165, 1.54) is 19.3 Å². The van der Waals surface area contributed by atoms with E-state index in [0.717, 1.165) is 12.8 Å². The van der Waals surface area contributed by atoms with Crippen LogP contribution in [0.3, 0.4) is 0 Å². The SMILES string of the molecule is C=CCN(CCO)CC(=O)N(C(C)C)C1CCCCC1. The fourth-order valence-electron chi connectivity index (χ4n) is 3.10. The molecular weight excluding hydrogens is 252 g/mol. The molecule has 20 heavy (non-hydrogen) atoms. The topological polar surface area (TPSA) is 43.8 Å².